The van der Waals surface area contributed by atoms with E-state index in [1.807, 2.05) is 0 Å². The molecule has 1 N–H and O–H groups in total. The number of aliphatic hydroxyl groups excluding tert-OH is 1. The third-order valence-electron chi connectivity index (χ3n) is 2.63. The van der Waals surface area contributed by atoms with Crippen LogP contribution in [0.4, 0.5) is 0 Å². The molecule has 0 bridgehead atoms. The smallest absolute Gasteiger partial charge is 0.0965 e. The van der Waals surface area contributed by atoms with E-state index >= 15 is 0 Å². The molecule has 1 aromatic heterocycles. The molecular formula is C11H15NO. The van der Waals surface area contributed by atoms with Gasteiger partial charge < -0.3 is 5.11 Å². The molecule has 2 rings (SSSR count). The van der Waals surface area contributed by atoms with Crippen molar-refractivity contribution in [2.24, 2.45) is 0 Å². The summed E-state index contributed by atoms with van der Waals surface area (Å²) in [7, 11) is 0. The Morgan fingerprint density at radius 2 is 2.23 bits per heavy atom. The van der Waals surface area contributed by atoms with Gasteiger partial charge in [-0.3, -0.25) is 4.98 Å². The van der Waals surface area contributed by atoms with Gasteiger partial charge in [0.15, 0.2) is 0 Å². The summed E-state index contributed by atoms with van der Waals surface area (Å²) in [4.78, 5) is 4.48. The van der Waals surface area contributed by atoms with E-state index in [9.17, 15) is 5.11 Å². The molecule has 1 heterocycles. The number of aromatic nitrogens is 1. The van der Waals surface area contributed by atoms with E-state index in [4.69, 9.17) is 0 Å². The van der Waals surface area contributed by atoms with Crippen LogP contribution >= 0.6 is 0 Å². The number of aliphatic hydroxyl groups is 1. The van der Waals surface area contributed by atoms with Crippen LogP contribution in [-0.2, 0) is 6.42 Å². The lowest BCUT2D eigenvalue weighted by atomic mass is 10.1. The predicted octanol–water partition coefficient (Wildman–Crippen LogP) is 2.18. The van der Waals surface area contributed by atoms with E-state index in [2.05, 4.69) is 31.0 Å². The highest BCUT2D eigenvalue weighted by molar-refractivity contribution is 5.29. The van der Waals surface area contributed by atoms with Crippen LogP contribution in [0.3, 0.4) is 0 Å². The number of hydrogen-bond acceptors (Lipinski definition) is 2. The van der Waals surface area contributed by atoms with Crippen molar-refractivity contribution in [1.29, 1.82) is 0 Å². The molecule has 1 unspecified atom stereocenters. The number of nitrogens with zero attached hydrogens (tertiary/aromatic N) is 1. The van der Waals surface area contributed by atoms with E-state index in [-0.39, 0.29) is 6.10 Å². The van der Waals surface area contributed by atoms with Gasteiger partial charge in [0, 0.05) is 5.69 Å². The Morgan fingerprint density at radius 3 is 2.92 bits per heavy atom. The van der Waals surface area contributed by atoms with Crippen molar-refractivity contribution in [3.63, 3.8) is 0 Å². The molecule has 0 fully saturated rings. The van der Waals surface area contributed by atoms with Gasteiger partial charge in [-0.15, -0.1) is 0 Å². The number of rotatable bonds is 1. The summed E-state index contributed by atoms with van der Waals surface area (Å²) in [6.45, 7) is 4.24. The largest absolute Gasteiger partial charge is 0.387 e. The minimum absolute atomic E-state index is 0.325. The quantitative estimate of drug-likeness (QED) is 0.713. The van der Waals surface area contributed by atoms with Gasteiger partial charge in [-0.25, -0.2) is 0 Å². The summed E-state index contributed by atoms with van der Waals surface area (Å²) in [6.07, 6.45) is 1.49. The van der Waals surface area contributed by atoms with E-state index in [1.165, 1.54) is 5.56 Å². The number of aryl methyl sites for hydroxylation is 1. The van der Waals surface area contributed by atoms with E-state index in [0.29, 0.717) is 5.92 Å². The Balaban J connectivity index is 2.42. The summed E-state index contributed by atoms with van der Waals surface area (Å²) >= 11 is 0. The van der Waals surface area contributed by atoms with Gasteiger partial charge in [0.05, 0.1) is 11.8 Å². The average molecular weight is 177 g/mol. The Morgan fingerprint density at radius 1 is 1.46 bits per heavy atom. The third kappa shape index (κ3) is 1.46. The van der Waals surface area contributed by atoms with E-state index < -0.39 is 0 Å². The lowest BCUT2D eigenvalue weighted by Gasteiger charge is -2.08. The molecule has 1 aliphatic carbocycles. The predicted molar refractivity (Wildman–Crippen MR) is 51.6 cm³/mol. The molecule has 2 nitrogen and oxygen atoms in total. The highest BCUT2D eigenvalue weighted by Gasteiger charge is 2.22. The number of hydrogen-bond donors (Lipinski definition) is 1. The molecule has 0 amide bonds. The lowest BCUT2D eigenvalue weighted by molar-refractivity contribution is 0.175. The molecule has 0 saturated heterocycles. The van der Waals surface area contributed by atoms with Crippen LogP contribution < -0.4 is 0 Å². The summed E-state index contributed by atoms with van der Waals surface area (Å²) in [6, 6.07) is 4.18. The van der Waals surface area contributed by atoms with Crippen molar-refractivity contribution in [2.75, 3.05) is 0 Å². The van der Waals surface area contributed by atoms with Crippen LogP contribution in [0, 0.1) is 0 Å². The van der Waals surface area contributed by atoms with Crippen LogP contribution in [0.15, 0.2) is 12.1 Å². The molecule has 2 heteroatoms. The highest BCUT2D eigenvalue weighted by atomic mass is 16.3. The Kier molecular flexibility index (Phi) is 2.08. The molecule has 13 heavy (non-hydrogen) atoms. The highest BCUT2D eigenvalue weighted by Crippen LogP contribution is 2.30. The van der Waals surface area contributed by atoms with Gasteiger partial charge in [-0.05, 0) is 30.4 Å². The third-order valence-corrected chi connectivity index (χ3v) is 2.63. The first-order valence-corrected chi connectivity index (χ1v) is 4.86. The number of fused-ring (bicyclic) bond motifs is 1. The fourth-order valence-electron chi connectivity index (χ4n) is 1.77. The van der Waals surface area contributed by atoms with Gasteiger partial charge >= 0.3 is 0 Å². The van der Waals surface area contributed by atoms with Crippen molar-refractivity contribution in [2.45, 2.75) is 38.7 Å². The van der Waals surface area contributed by atoms with Crippen molar-refractivity contribution >= 4 is 0 Å². The zero-order valence-corrected chi connectivity index (χ0v) is 8.12. The van der Waals surface area contributed by atoms with E-state index in [1.54, 1.807) is 0 Å². The second-order valence-corrected chi connectivity index (χ2v) is 3.99. The molecule has 70 valence electrons. The first-order chi connectivity index (χ1) is 6.18. The Bertz CT molecular complexity index is 320. The molecule has 1 aromatic rings. The van der Waals surface area contributed by atoms with Crippen LogP contribution in [0.1, 0.15) is 49.2 Å². The minimum Gasteiger partial charge on any atom is -0.387 e. The van der Waals surface area contributed by atoms with Gasteiger partial charge in [0.25, 0.3) is 0 Å². The first-order valence-electron chi connectivity index (χ1n) is 4.86. The average Bonchev–Trinajstić information content (AvgIpc) is 2.47. The maximum absolute atomic E-state index is 9.63. The van der Waals surface area contributed by atoms with Crippen LogP contribution in [0.5, 0.6) is 0 Å². The summed E-state index contributed by atoms with van der Waals surface area (Å²) in [5.41, 5.74) is 3.21. The summed E-state index contributed by atoms with van der Waals surface area (Å²) in [5, 5.41) is 9.63. The van der Waals surface area contributed by atoms with Crippen LogP contribution in [0.25, 0.3) is 0 Å². The zero-order valence-electron chi connectivity index (χ0n) is 8.12. The van der Waals surface area contributed by atoms with Gasteiger partial charge in [0.1, 0.15) is 0 Å². The van der Waals surface area contributed by atoms with Crippen LogP contribution in [-0.4, -0.2) is 10.1 Å². The van der Waals surface area contributed by atoms with Crippen molar-refractivity contribution < 1.29 is 5.11 Å². The van der Waals surface area contributed by atoms with Gasteiger partial charge in [-0.1, -0.05) is 19.9 Å². The summed E-state index contributed by atoms with van der Waals surface area (Å²) < 4.78 is 0. The fourth-order valence-corrected chi connectivity index (χ4v) is 1.77. The topological polar surface area (TPSA) is 33.1 Å². The molecule has 0 saturated carbocycles. The normalized spacial score (nSPS) is 20.8. The minimum atomic E-state index is -0.325. The maximum Gasteiger partial charge on any atom is 0.0965 e. The van der Waals surface area contributed by atoms with Crippen molar-refractivity contribution in [1.82, 2.24) is 4.98 Å². The molecule has 0 aromatic carbocycles. The molecule has 1 aliphatic rings. The Labute approximate surface area is 78.6 Å². The second-order valence-electron chi connectivity index (χ2n) is 3.99. The molecule has 0 aliphatic heterocycles. The molecular weight excluding hydrogens is 162 g/mol. The van der Waals surface area contributed by atoms with E-state index in [0.717, 1.165) is 24.2 Å². The summed E-state index contributed by atoms with van der Waals surface area (Å²) in [5.74, 6) is 0.443. The van der Waals surface area contributed by atoms with Crippen molar-refractivity contribution in [3.8, 4) is 0 Å². The second kappa shape index (κ2) is 3.11. The van der Waals surface area contributed by atoms with Crippen molar-refractivity contribution in [3.05, 3.63) is 29.1 Å². The molecule has 0 radical (unpaired) electrons. The standard InChI is InChI=1S/C11H15NO/c1-7(2)9-5-3-8-4-6-10(13)11(8)12-9/h3,5,7,10,13H,4,6H2,1-2H3. The molecule has 1 atom stereocenters. The molecule has 0 spiro atoms. The van der Waals surface area contributed by atoms with Gasteiger partial charge in [0.2, 0.25) is 0 Å². The number of pyridine rings is 1. The monoisotopic (exact) mass is 177 g/mol. The zero-order chi connectivity index (χ0) is 9.42. The fraction of sp³-hybridized carbons (Fsp3) is 0.545. The lowest BCUT2D eigenvalue weighted by Crippen LogP contribution is -2.00. The van der Waals surface area contributed by atoms with Crippen LogP contribution in [0.2, 0.25) is 0 Å². The first kappa shape index (κ1) is 8.70. The Hall–Kier alpha value is -0.890. The maximum atomic E-state index is 9.63. The van der Waals surface area contributed by atoms with Gasteiger partial charge in [-0.2, -0.15) is 0 Å². The SMILES string of the molecule is CC(C)c1ccc2c(n1)C(O)CC2.